The van der Waals surface area contributed by atoms with Crippen molar-refractivity contribution in [1.29, 1.82) is 0 Å². The van der Waals surface area contributed by atoms with Crippen LogP contribution in [0.4, 0.5) is 11.4 Å². The van der Waals surface area contributed by atoms with Crippen molar-refractivity contribution in [2.45, 2.75) is 39.2 Å². The maximum absolute atomic E-state index is 11.4. The van der Waals surface area contributed by atoms with E-state index in [2.05, 4.69) is 17.2 Å². The lowest BCUT2D eigenvalue weighted by Crippen LogP contribution is -2.30. The predicted molar refractivity (Wildman–Crippen MR) is 81.0 cm³/mol. The van der Waals surface area contributed by atoms with Gasteiger partial charge in [0.15, 0.2) is 0 Å². The zero-order valence-corrected chi connectivity index (χ0v) is 12.0. The highest BCUT2D eigenvalue weighted by Crippen LogP contribution is 2.34. The van der Waals surface area contributed by atoms with Crippen LogP contribution in [0.1, 0.15) is 33.6 Å². The number of pyridine rings is 1. The van der Waals surface area contributed by atoms with Gasteiger partial charge in [-0.25, -0.2) is 0 Å². The summed E-state index contributed by atoms with van der Waals surface area (Å²) in [7, 11) is 0. The van der Waals surface area contributed by atoms with Crippen LogP contribution in [-0.2, 0) is 0 Å². The molecule has 0 atom stereocenters. The van der Waals surface area contributed by atoms with E-state index in [4.69, 9.17) is 0 Å². The molecule has 2 aromatic rings. The van der Waals surface area contributed by atoms with E-state index in [1.807, 2.05) is 19.9 Å². The average molecular weight is 273 g/mol. The second-order valence-corrected chi connectivity index (χ2v) is 5.55. The Morgan fingerprint density at radius 1 is 1.35 bits per heavy atom. The molecular formula is C15H19N3O2. The van der Waals surface area contributed by atoms with Crippen LogP contribution in [0.3, 0.4) is 0 Å². The fourth-order valence-corrected chi connectivity index (χ4v) is 2.49. The van der Waals surface area contributed by atoms with Gasteiger partial charge >= 0.3 is 5.69 Å². The lowest BCUT2D eigenvalue weighted by atomic mass is 9.98. The van der Waals surface area contributed by atoms with Crippen molar-refractivity contribution in [1.82, 2.24) is 4.98 Å². The zero-order valence-electron chi connectivity index (χ0n) is 12.0. The van der Waals surface area contributed by atoms with Gasteiger partial charge in [-0.15, -0.1) is 0 Å². The first-order valence-electron chi connectivity index (χ1n) is 6.75. The molecule has 0 amide bonds. The second kappa shape index (κ2) is 5.45. The molecule has 5 heteroatoms. The van der Waals surface area contributed by atoms with Gasteiger partial charge in [0, 0.05) is 11.7 Å². The van der Waals surface area contributed by atoms with E-state index >= 15 is 0 Å². The monoisotopic (exact) mass is 273 g/mol. The van der Waals surface area contributed by atoms with Gasteiger partial charge in [0.25, 0.3) is 0 Å². The highest BCUT2D eigenvalue weighted by atomic mass is 16.6. The Hall–Kier alpha value is -2.17. The van der Waals surface area contributed by atoms with Gasteiger partial charge in [-0.3, -0.25) is 15.1 Å². The van der Waals surface area contributed by atoms with E-state index in [0.29, 0.717) is 16.6 Å². The number of aromatic nitrogens is 1. The molecular weight excluding hydrogens is 254 g/mol. The molecule has 0 saturated heterocycles. The Bertz CT molecular complexity index is 638. The van der Waals surface area contributed by atoms with Crippen LogP contribution in [0.15, 0.2) is 30.5 Å². The zero-order chi connectivity index (χ0) is 14.8. The van der Waals surface area contributed by atoms with E-state index in [-0.39, 0.29) is 16.1 Å². The molecule has 0 bridgehead atoms. The molecule has 0 aliphatic rings. The molecule has 0 radical (unpaired) electrons. The van der Waals surface area contributed by atoms with Crippen LogP contribution in [0.2, 0.25) is 0 Å². The molecule has 1 heterocycles. The van der Waals surface area contributed by atoms with Gasteiger partial charge in [-0.2, -0.15) is 0 Å². The minimum atomic E-state index is -0.339. The normalized spacial score (nSPS) is 11.6. The molecule has 0 unspecified atom stereocenters. The summed E-state index contributed by atoms with van der Waals surface area (Å²) in [4.78, 5) is 15.2. The van der Waals surface area contributed by atoms with Crippen molar-refractivity contribution in [3.05, 3.63) is 40.6 Å². The van der Waals surface area contributed by atoms with Crippen LogP contribution in [0, 0.1) is 10.1 Å². The molecule has 20 heavy (non-hydrogen) atoms. The number of hydrogen-bond acceptors (Lipinski definition) is 4. The highest BCUT2D eigenvalue weighted by molar-refractivity contribution is 5.94. The van der Waals surface area contributed by atoms with Crippen molar-refractivity contribution in [2.24, 2.45) is 0 Å². The predicted octanol–water partition coefficient (Wildman–Crippen LogP) is 4.13. The number of rotatable bonds is 5. The Kier molecular flexibility index (Phi) is 3.88. The molecule has 0 spiro atoms. The Balaban J connectivity index is 2.53. The quantitative estimate of drug-likeness (QED) is 0.656. The summed E-state index contributed by atoms with van der Waals surface area (Å²) in [5.74, 6) is 0. The first-order valence-corrected chi connectivity index (χ1v) is 6.75. The lowest BCUT2D eigenvalue weighted by molar-refractivity contribution is -0.382. The van der Waals surface area contributed by atoms with Gasteiger partial charge in [0.05, 0.1) is 15.8 Å². The van der Waals surface area contributed by atoms with Crippen LogP contribution >= 0.6 is 0 Å². The first kappa shape index (κ1) is 14.2. The summed E-state index contributed by atoms with van der Waals surface area (Å²) < 4.78 is 0. The molecule has 2 rings (SSSR count). The van der Waals surface area contributed by atoms with Crippen molar-refractivity contribution in [2.75, 3.05) is 5.32 Å². The van der Waals surface area contributed by atoms with Gasteiger partial charge < -0.3 is 5.32 Å². The third kappa shape index (κ3) is 2.87. The van der Waals surface area contributed by atoms with E-state index in [1.54, 1.807) is 24.4 Å². The van der Waals surface area contributed by atoms with Crippen LogP contribution in [-0.4, -0.2) is 15.4 Å². The van der Waals surface area contributed by atoms with Gasteiger partial charge in [0.2, 0.25) is 0 Å². The highest BCUT2D eigenvalue weighted by Gasteiger charge is 2.24. The standard InChI is InChI=1S/C15H19N3O2/c1-4-9-15(2,3)17-13-8-7-12-11(6-5-10-16-12)14(13)18(19)20/h5-8,10,17H,4,9H2,1-3H3. The molecule has 5 nitrogen and oxygen atoms in total. The second-order valence-electron chi connectivity index (χ2n) is 5.55. The lowest BCUT2D eigenvalue weighted by Gasteiger charge is -2.27. The largest absolute Gasteiger partial charge is 0.375 e. The van der Waals surface area contributed by atoms with Gasteiger partial charge in [-0.05, 0) is 44.5 Å². The van der Waals surface area contributed by atoms with Crippen molar-refractivity contribution in [3.63, 3.8) is 0 Å². The molecule has 0 aliphatic heterocycles. The summed E-state index contributed by atoms with van der Waals surface area (Å²) in [6.45, 7) is 6.20. The molecule has 1 aromatic heterocycles. The van der Waals surface area contributed by atoms with Crippen molar-refractivity contribution < 1.29 is 4.92 Å². The van der Waals surface area contributed by atoms with Crippen molar-refractivity contribution >= 4 is 22.3 Å². The number of nitro benzene ring substituents is 1. The Morgan fingerprint density at radius 3 is 2.75 bits per heavy atom. The third-order valence-corrected chi connectivity index (χ3v) is 3.29. The molecule has 0 saturated carbocycles. The fraction of sp³-hybridized carbons (Fsp3) is 0.400. The van der Waals surface area contributed by atoms with Gasteiger partial charge in [-0.1, -0.05) is 13.3 Å². The number of nitrogens with zero attached hydrogens (tertiary/aromatic N) is 2. The maximum atomic E-state index is 11.4. The number of hydrogen-bond donors (Lipinski definition) is 1. The van der Waals surface area contributed by atoms with Crippen LogP contribution < -0.4 is 5.32 Å². The van der Waals surface area contributed by atoms with Gasteiger partial charge in [0.1, 0.15) is 5.69 Å². The Labute approximate surface area is 118 Å². The number of anilines is 1. The summed E-state index contributed by atoms with van der Waals surface area (Å²) >= 11 is 0. The van der Waals surface area contributed by atoms with Crippen LogP contribution in [0.5, 0.6) is 0 Å². The summed E-state index contributed by atoms with van der Waals surface area (Å²) in [5, 5.41) is 15.3. The van der Waals surface area contributed by atoms with E-state index < -0.39 is 0 Å². The molecule has 0 fully saturated rings. The number of fused-ring (bicyclic) bond motifs is 1. The third-order valence-electron chi connectivity index (χ3n) is 3.29. The number of nitrogens with one attached hydrogen (secondary N) is 1. The van der Waals surface area contributed by atoms with Crippen LogP contribution in [0.25, 0.3) is 10.9 Å². The van der Waals surface area contributed by atoms with Crippen molar-refractivity contribution in [3.8, 4) is 0 Å². The summed E-state index contributed by atoms with van der Waals surface area (Å²) in [6, 6.07) is 7.01. The average Bonchev–Trinajstić information content (AvgIpc) is 2.37. The Morgan fingerprint density at radius 2 is 2.10 bits per heavy atom. The van der Waals surface area contributed by atoms with E-state index in [0.717, 1.165) is 12.8 Å². The van der Waals surface area contributed by atoms with E-state index in [9.17, 15) is 10.1 Å². The summed E-state index contributed by atoms with van der Waals surface area (Å²) in [5.41, 5.74) is 1.10. The minimum absolute atomic E-state index is 0.0970. The molecule has 0 aliphatic carbocycles. The smallest absolute Gasteiger partial charge is 0.301 e. The van der Waals surface area contributed by atoms with E-state index in [1.165, 1.54) is 0 Å². The number of nitro groups is 1. The minimum Gasteiger partial charge on any atom is -0.375 e. The fourth-order valence-electron chi connectivity index (χ4n) is 2.49. The first-order chi connectivity index (χ1) is 9.44. The number of benzene rings is 1. The maximum Gasteiger partial charge on any atom is 0.301 e. The molecule has 1 aromatic carbocycles. The SMILES string of the molecule is CCCC(C)(C)Nc1ccc2ncccc2c1[N+](=O)[O-]. The summed E-state index contributed by atoms with van der Waals surface area (Å²) in [6.07, 6.45) is 3.60. The topological polar surface area (TPSA) is 68.1 Å². The molecule has 1 N–H and O–H groups in total. The molecule has 106 valence electrons.